The summed E-state index contributed by atoms with van der Waals surface area (Å²) >= 11 is 0. The van der Waals surface area contributed by atoms with E-state index in [2.05, 4.69) is 55.8 Å². The van der Waals surface area contributed by atoms with Crippen LogP contribution in [0.3, 0.4) is 0 Å². The molecule has 1 fully saturated rings. The minimum atomic E-state index is 0. The lowest BCUT2D eigenvalue weighted by Gasteiger charge is -2.36. The van der Waals surface area contributed by atoms with Gasteiger partial charge in [0.05, 0.1) is 13.7 Å². The zero-order valence-corrected chi connectivity index (χ0v) is 22.4. The quantitative estimate of drug-likeness (QED) is 0.193. The van der Waals surface area contributed by atoms with Crippen molar-refractivity contribution in [2.24, 2.45) is 4.99 Å². The van der Waals surface area contributed by atoms with Crippen LogP contribution in [0.5, 0.6) is 11.5 Å². The molecule has 182 valence electrons. The Morgan fingerprint density at radius 2 is 1.76 bits per heavy atom. The van der Waals surface area contributed by atoms with E-state index < -0.39 is 0 Å². The SMILES string of the molecule is CCOc1ccc(NC(=NC)NCCCCN2CCN(c3ccccc3)CC2)cc1OC.I. The smallest absolute Gasteiger partial charge is 0.195 e. The van der Waals surface area contributed by atoms with E-state index in [9.17, 15) is 0 Å². The number of piperazine rings is 1. The number of halogens is 1. The number of ether oxygens (including phenoxy) is 2. The molecule has 0 bridgehead atoms. The highest BCUT2D eigenvalue weighted by Gasteiger charge is 2.16. The molecule has 33 heavy (non-hydrogen) atoms. The molecule has 0 radical (unpaired) electrons. The van der Waals surface area contributed by atoms with E-state index in [1.165, 1.54) is 12.1 Å². The lowest BCUT2D eigenvalue weighted by Crippen LogP contribution is -2.46. The van der Waals surface area contributed by atoms with E-state index in [1.807, 2.05) is 25.1 Å². The second-order valence-corrected chi connectivity index (χ2v) is 7.79. The Kier molecular flexibility index (Phi) is 12.2. The molecule has 1 saturated heterocycles. The molecule has 1 aliphatic rings. The van der Waals surface area contributed by atoms with Gasteiger partial charge in [0, 0.05) is 57.2 Å². The van der Waals surface area contributed by atoms with E-state index in [0.29, 0.717) is 12.4 Å². The number of nitrogens with zero attached hydrogens (tertiary/aromatic N) is 3. The molecule has 2 aromatic rings. The van der Waals surface area contributed by atoms with Crippen molar-refractivity contribution in [1.82, 2.24) is 10.2 Å². The summed E-state index contributed by atoms with van der Waals surface area (Å²) in [4.78, 5) is 9.37. The molecule has 0 aliphatic carbocycles. The first-order valence-corrected chi connectivity index (χ1v) is 11.5. The number of hydrogen-bond donors (Lipinski definition) is 2. The van der Waals surface area contributed by atoms with Gasteiger partial charge in [-0.1, -0.05) is 18.2 Å². The first-order chi connectivity index (χ1) is 15.7. The Labute approximate surface area is 215 Å². The zero-order chi connectivity index (χ0) is 22.6. The Morgan fingerprint density at radius 3 is 2.42 bits per heavy atom. The minimum Gasteiger partial charge on any atom is -0.493 e. The van der Waals surface area contributed by atoms with E-state index in [-0.39, 0.29) is 24.0 Å². The molecule has 0 aromatic heterocycles. The molecule has 0 amide bonds. The topological polar surface area (TPSA) is 61.4 Å². The lowest BCUT2D eigenvalue weighted by molar-refractivity contribution is 0.253. The van der Waals surface area contributed by atoms with Crippen molar-refractivity contribution in [3.05, 3.63) is 48.5 Å². The van der Waals surface area contributed by atoms with Gasteiger partial charge in [-0.05, 0) is 50.6 Å². The third-order valence-corrected chi connectivity index (χ3v) is 5.64. The molecule has 7 nitrogen and oxygen atoms in total. The van der Waals surface area contributed by atoms with Crippen LogP contribution in [0.25, 0.3) is 0 Å². The summed E-state index contributed by atoms with van der Waals surface area (Å²) in [6.07, 6.45) is 2.28. The van der Waals surface area contributed by atoms with Crippen LogP contribution in [0, 0.1) is 0 Å². The monoisotopic (exact) mass is 567 g/mol. The van der Waals surface area contributed by atoms with Crippen LogP contribution in [0.2, 0.25) is 0 Å². The molecular weight excluding hydrogens is 529 g/mol. The molecular formula is C25H38IN5O2. The maximum Gasteiger partial charge on any atom is 0.195 e. The first-order valence-electron chi connectivity index (χ1n) is 11.5. The van der Waals surface area contributed by atoms with Gasteiger partial charge in [-0.3, -0.25) is 9.89 Å². The normalized spacial score (nSPS) is 14.4. The van der Waals surface area contributed by atoms with Gasteiger partial charge in [0.1, 0.15) is 0 Å². The van der Waals surface area contributed by atoms with Gasteiger partial charge in [0.25, 0.3) is 0 Å². The molecule has 1 aliphatic heterocycles. The number of methoxy groups -OCH3 is 1. The summed E-state index contributed by atoms with van der Waals surface area (Å²) < 4.78 is 11.0. The number of unbranched alkanes of at least 4 members (excludes halogenated alkanes) is 1. The Bertz CT molecular complexity index is 842. The van der Waals surface area contributed by atoms with Crippen LogP contribution in [-0.2, 0) is 0 Å². The average Bonchev–Trinajstić information content (AvgIpc) is 2.85. The highest BCUT2D eigenvalue weighted by Crippen LogP contribution is 2.30. The predicted octanol–water partition coefficient (Wildman–Crippen LogP) is 4.30. The third kappa shape index (κ3) is 8.58. The van der Waals surface area contributed by atoms with Gasteiger partial charge in [-0.15, -0.1) is 24.0 Å². The van der Waals surface area contributed by atoms with Crippen LogP contribution in [-0.4, -0.2) is 70.9 Å². The highest BCUT2D eigenvalue weighted by atomic mass is 127. The molecule has 0 saturated carbocycles. The van der Waals surface area contributed by atoms with Crippen LogP contribution >= 0.6 is 24.0 Å². The number of guanidine groups is 1. The first kappa shape index (κ1) is 27.0. The van der Waals surface area contributed by atoms with E-state index in [0.717, 1.165) is 63.1 Å². The zero-order valence-electron chi connectivity index (χ0n) is 20.0. The predicted molar refractivity (Wildman–Crippen MR) is 149 cm³/mol. The lowest BCUT2D eigenvalue weighted by atomic mass is 10.2. The van der Waals surface area contributed by atoms with Crippen LogP contribution in [0.4, 0.5) is 11.4 Å². The Hall–Kier alpha value is -2.20. The Balaban J connectivity index is 0.00000385. The summed E-state index contributed by atoms with van der Waals surface area (Å²) in [5.41, 5.74) is 2.25. The van der Waals surface area contributed by atoms with Crippen molar-refractivity contribution >= 4 is 41.3 Å². The molecule has 0 spiro atoms. The van der Waals surface area contributed by atoms with Crippen molar-refractivity contribution in [2.75, 3.05) is 70.2 Å². The van der Waals surface area contributed by atoms with Gasteiger partial charge >= 0.3 is 0 Å². The van der Waals surface area contributed by atoms with Crippen molar-refractivity contribution < 1.29 is 9.47 Å². The molecule has 0 atom stereocenters. The Morgan fingerprint density at radius 1 is 1.00 bits per heavy atom. The number of nitrogens with one attached hydrogen (secondary N) is 2. The molecule has 1 heterocycles. The maximum absolute atomic E-state index is 5.58. The van der Waals surface area contributed by atoms with Crippen LogP contribution < -0.4 is 25.0 Å². The van der Waals surface area contributed by atoms with Crippen molar-refractivity contribution in [3.63, 3.8) is 0 Å². The number of hydrogen-bond acceptors (Lipinski definition) is 5. The number of para-hydroxylation sites is 1. The fourth-order valence-electron chi connectivity index (χ4n) is 3.87. The summed E-state index contributed by atoms with van der Waals surface area (Å²) in [7, 11) is 3.43. The number of anilines is 2. The average molecular weight is 568 g/mol. The van der Waals surface area contributed by atoms with Crippen LogP contribution in [0.1, 0.15) is 19.8 Å². The van der Waals surface area contributed by atoms with Gasteiger partial charge in [-0.2, -0.15) is 0 Å². The molecule has 2 N–H and O–H groups in total. The van der Waals surface area contributed by atoms with Gasteiger partial charge in [0.2, 0.25) is 0 Å². The van der Waals surface area contributed by atoms with E-state index in [1.54, 1.807) is 14.2 Å². The molecule has 2 aromatic carbocycles. The fourth-order valence-corrected chi connectivity index (χ4v) is 3.87. The summed E-state index contributed by atoms with van der Waals surface area (Å²) in [5.74, 6) is 2.21. The molecule has 0 unspecified atom stereocenters. The largest absolute Gasteiger partial charge is 0.493 e. The molecule has 3 rings (SSSR count). The summed E-state index contributed by atoms with van der Waals surface area (Å²) in [6.45, 7) is 9.06. The van der Waals surface area contributed by atoms with Gasteiger partial charge in [-0.25, -0.2) is 0 Å². The van der Waals surface area contributed by atoms with Crippen molar-refractivity contribution in [2.45, 2.75) is 19.8 Å². The fraction of sp³-hybridized carbons (Fsp3) is 0.480. The summed E-state index contributed by atoms with van der Waals surface area (Å²) in [6, 6.07) is 16.5. The van der Waals surface area contributed by atoms with Crippen molar-refractivity contribution in [3.8, 4) is 11.5 Å². The van der Waals surface area contributed by atoms with Crippen molar-refractivity contribution in [1.29, 1.82) is 0 Å². The highest BCUT2D eigenvalue weighted by molar-refractivity contribution is 14.0. The summed E-state index contributed by atoms with van der Waals surface area (Å²) in [5, 5.41) is 6.72. The third-order valence-electron chi connectivity index (χ3n) is 5.64. The molecule has 8 heteroatoms. The second kappa shape index (κ2) is 14.8. The number of aliphatic imine (C=N–C) groups is 1. The van der Waals surface area contributed by atoms with E-state index >= 15 is 0 Å². The van der Waals surface area contributed by atoms with Crippen LogP contribution in [0.15, 0.2) is 53.5 Å². The second-order valence-electron chi connectivity index (χ2n) is 7.79. The number of benzene rings is 2. The van der Waals surface area contributed by atoms with Gasteiger partial charge in [0.15, 0.2) is 17.5 Å². The van der Waals surface area contributed by atoms with E-state index in [4.69, 9.17) is 9.47 Å². The maximum atomic E-state index is 5.58. The van der Waals surface area contributed by atoms with Gasteiger partial charge < -0.3 is 25.0 Å². The standard InChI is InChI=1S/C25H37N5O2.HI/c1-4-32-23-13-12-21(20-24(23)31-3)28-25(26-2)27-14-8-9-15-29-16-18-30(19-17-29)22-10-6-5-7-11-22;/h5-7,10-13,20H,4,8-9,14-19H2,1-3H3,(H2,26,27,28);1H. The minimum absolute atomic E-state index is 0. The number of rotatable bonds is 10.